The third kappa shape index (κ3) is 5.28. The molecular formula is C14H18BrNO5S. The molecule has 0 saturated heterocycles. The number of hydrogen-bond acceptors (Lipinski definition) is 5. The summed E-state index contributed by atoms with van der Waals surface area (Å²) in [5.74, 6) is -0.991. The summed E-state index contributed by atoms with van der Waals surface area (Å²) in [4.78, 5) is 11.5. The number of halogens is 1. The Morgan fingerprint density at radius 1 is 1.45 bits per heavy atom. The Morgan fingerprint density at radius 2 is 2.09 bits per heavy atom. The van der Waals surface area contributed by atoms with E-state index in [9.17, 15) is 14.5 Å². The molecule has 6 nitrogen and oxygen atoms in total. The van der Waals surface area contributed by atoms with Crippen molar-refractivity contribution in [3.8, 4) is 5.75 Å². The number of methoxy groups -OCH3 is 1. The zero-order valence-electron chi connectivity index (χ0n) is 12.8. The summed E-state index contributed by atoms with van der Waals surface area (Å²) in [6.45, 7) is 5.11. The van der Waals surface area contributed by atoms with Crippen LogP contribution in [0.3, 0.4) is 0 Å². The zero-order chi connectivity index (χ0) is 16.9. The van der Waals surface area contributed by atoms with Gasteiger partial charge in [0.05, 0.1) is 5.56 Å². The molecule has 1 rings (SSSR count). The van der Waals surface area contributed by atoms with Crippen LogP contribution in [0.4, 0.5) is 0 Å². The van der Waals surface area contributed by atoms with Crippen LogP contribution in [-0.2, 0) is 20.9 Å². The minimum absolute atomic E-state index is 0.0378. The molecule has 0 saturated carbocycles. The number of hydrogen-bond donors (Lipinski definition) is 1. The van der Waals surface area contributed by atoms with Gasteiger partial charge in [-0.2, -0.15) is 0 Å². The summed E-state index contributed by atoms with van der Waals surface area (Å²) in [5, 5.41) is 9.41. The van der Waals surface area contributed by atoms with Crippen molar-refractivity contribution >= 4 is 39.0 Å². The first-order chi connectivity index (χ1) is 10.2. The van der Waals surface area contributed by atoms with Gasteiger partial charge in [-0.1, -0.05) is 20.3 Å². The summed E-state index contributed by atoms with van der Waals surface area (Å²) in [5.41, 5.74) is -0.0859. The van der Waals surface area contributed by atoms with Crippen molar-refractivity contribution in [3.05, 3.63) is 28.2 Å². The van der Waals surface area contributed by atoms with Crippen molar-refractivity contribution in [2.24, 2.45) is 4.40 Å². The van der Waals surface area contributed by atoms with Gasteiger partial charge in [-0.05, 0) is 39.0 Å². The van der Waals surface area contributed by atoms with Crippen LogP contribution in [0, 0.1) is 0 Å². The van der Waals surface area contributed by atoms with E-state index >= 15 is 0 Å². The fourth-order valence-corrected chi connectivity index (χ4v) is 2.34. The summed E-state index contributed by atoms with van der Waals surface area (Å²) in [6, 6.07) is 4.85. The lowest BCUT2D eigenvalue weighted by Gasteiger charge is -2.19. The van der Waals surface area contributed by atoms with Crippen LogP contribution >= 0.6 is 15.9 Å². The van der Waals surface area contributed by atoms with Gasteiger partial charge in [0.15, 0.2) is 6.79 Å². The maximum Gasteiger partial charge on any atom is 0.359 e. The summed E-state index contributed by atoms with van der Waals surface area (Å²) in [6.07, 6.45) is 0. The predicted octanol–water partition coefficient (Wildman–Crippen LogP) is 2.77. The van der Waals surface area contributed by atoms with Crippen LogP contribution in [0.2, 0.25) is 0 Å². The minimum Gasteiger partial charge on any atom is -0.591 e. The molecule has 1 unspecified atom stereocenters. The third-order valence-corrected chi connectivity index (χ3v) is 4.32. The quantitative estimate of drug-likeness (QED) is 0.457. The number of ether oxygens (including phenoxy) is 2. The maximum atomic E-state index is 12.1. The molecule has 1 atom stereocenters. The van der Waals surface area contributed by atoms with Crippen LogP contribution in [-0.4, -0.2) is 40.0 Å². The second kappa shape index (κ2) is 7.96. The van der Waals surface area contributed by atoms with Crippen molar-refractivity contribution in [2.45, 2.75) is 25.5 Å². The van der Waals surface area contributed by atoms with E-state index in [2.05, 4.69) is 20.3 Å². The Morgan fingerprint density at radius 3 is 2.59 bits per heavy atom. The van der Waals surface area contributed by atoms with E-state index in [0.29, 0.717) is 4.47 Å². The van der Waals surface area contributed by atoms with Crippen molar-refractivity contribution in [1.29, 1.82) is 0 Å². The summed E-state index contributed by atoms with van der Waals surface area (Å²) in [7, 11) is 1.46. The van der Waals surface area contributed by atoms with Gasteiger partial charge in [0.2, 0.25) is 5.71 Å². The van der Waals surface area contributed by atoms with Crippen LogP contribution in [0.5, 0.6) is 5.75 Å². The average molecular weight is 392 g/mol. The lowest BCUT2D eigenvalue weighted by molar-refractivity contribution is -0.129. The maximum absolute atomic E-state index is 12.1. The average Bonchev–Trinajstić information content (AvgIpc) is 2.41. The topological polar surface area (TPSA) is 91.2 Å². The van der Waals surface area contributed by atoms with Crippen molar-refractivity contribution in [2.75, 3.05) is 13.9 Å². The van der Waals surface area contributed by atoms with E-state index in [1.807, 2.05) is 0 Å². The largest absolute Gasteiger partial charge is 0.591 e. The van der Waals surface area contributed by atoms with Gasteiger partial charge in [0.1, 0.15) is 21.9 Å². The molecule has 122 valence electrons. The smallest absolute Gasteiger partial charge is 0.359 e. The number of carboxylic acid groups (broad SMARTS) is 1. The van der Waals surface area contributed by atoms with E-state index in [0.717, 1.165) is 0 Å². The van der Waals surface area contributed by atoms with E-state index in [-0.39, 0.29) is 23.8 Å². The first-order valence-electron chi connectivity index (χ1n) is 6.32. The van der Waals surface area contributed by atoms with Crippen molar-refractivity contribution in [3.63, 3.8) is 0 Å². The molecule has 0 radical (unpaired) electrons. The number of benzene rings is 1. The Balaban J connectivity index is 3.35. The molecule has 0 aliphatic rings. The summed E-state index contributed by atoms with van der Waals surface area (Å²) < 4.78 is 26.2. The molecule has 1 N–H and O–H groups in total. The normalized spacial score (nSPS) is 13.8. The van der Waals surface area contributed by atoms with Crippen LogP contribution < -0.4 is 4.74 Å². The molecule has 0 aromatic heterocycles. The van der Waals surface area contributed by atoms with Gasteiger partial charge in [-0.15, -0.1) is 0 Å². The van der Waals surface area contributed by atoms with Gasteiger partial charge in [-0.25, -0.2) is 4.79 Å². The minimum atomic E-state index is -1.70. The fourth-order valence-electron chi connectivity index (χ4n) is 1.36. The molecule has 0 heterocycles. The fraction of sp³-hybridized carbons (Fsp3) is 0.429. The van der Waals surface area contributed by atoms with E-state index < -0.39 is 22.1 Å². The van der Waals surface area contributed by atoms with E-state index in [1.165, 1.54) is 7.11 Å². The molecule has 0 amide bonds. The standard InChI is InChI=1S/C14H18BrNO5S/c1-14(2,3)22(19)16-12(13(17)18)10-7-9(15)5-6-11(10)21-8-20-4/h5-7H,8H2,1-4H3,(H,17,18). The Hall–Kier alpha value is -1.09. The van der Waals surface area contributed by atoms with Gasteiger partial charge in [-0.3, -0.25) is 0 Å². The predicted molar refractivity (Wildman–Crippen MR) is 88.7 cm³/mol. The second-order valence-corrected chi connectivity index (χ2v) is 8.12. The van der Waals surface area contributed by atoms with Crippen molar-refractivity contribution in [1.82, 2.24) is 0 Å². The SMILES string of the molecule is COCOc1ccc(Br)cc1C(=N[S+]([O-])C(C)(C)C)C(=O)O. The van der Waals surface area contributed by atoms with E-state index in [1.54, 1.807) is 39.0 Å². The highest BCUT2D eigenvalue weighted by molar-refractivity contribution is 9.10. The first kappa shape index (κ1) is 19.0. The Labute approximate surface area is 141 Å². The molecule has 0 aliphatic carbocycles. The van der Waals surface area contributed by atoms with Gasteiger partial charge in [0, 0.05) is 11.6 Å². The highest BCUT2D eigenvalue weighted by Crippen LogP contribution is 2.26. The zero-order valence-corrected chi connectivity index (χ0v) is 15.2. The molecule has 8 heteroatoms. The van der Waals surface area contributed by atoms with Gasteiger partial charge in [0.25, 0.3) is 0 Å². The van der Waals surface area contributed by atoms with Gasteiger partial charge < -0.3 is 19.1 Å². The van der Waals surface area contributed by atoms with Crippen molar-refractivity contribution < 1.29 is 23.9 Å². The molecule has 22 heavy (non-hydrogen) atoms. The van der Waals surface area contributed by atoms with Gasteiger partial charge >= 0.3 is 5.97 Å². The first-order valence-corrected chi connectivity index (χ1v) is 8.22. The van der Waals surface area contributed by atoms with Crippen LogP contribution in [0.15, 0.2) is 27.1 Å². The number of rotatable bonds is 6. The molecular weight excluding hydrogens is 374 g/mol. The van der Waals surface area contributed by atoms with Crippen LogP contribution in [0.1, 0.15) is 26.3 Å². The molecule has 0 bridgehead atoms. The third-order valence-electron chi connectivity index (χ3n) is 2.43. The van der Waals surface area contributed by atoms with Crippen LogP contribution in [0.25, 0.3) is 0 Å². The number of carboxylic acids is 1. The second-order valence-electron chi connectivity index (χ2n) is 5.30. The molecule has 1 aromatic rings. The molecule has 0 spiro atoms. The number of aliphatic carboxylic acids is 1. The Bertz CT molecular complexity index is 571. The molecule has 1 aromatic carbocycles. The number of nitrogens with zero attached hydrogens (tertiary/aromatic N) is 1. The Kier molecular flexibility index (Phi) is 6.86. The summed E-state index contributed by atoms with van der Waals surface area (Å²) >= 11 is 1.57. The highest BCUT2D eigenvalue weighted by atomic mass is 79.9. The van der Waals surface area contributed by atoms with E-state index in [4.69, 9.17) is 9.47 Å². The molecule has 0 fully saturated rings. The highest BCUT2D eigenvalue weighted by Gasteiger charge is 2.30. The lowest BCUT2D eigenvalue weighted by atomic mass is 10.1. The lowest BCUT2D eigenvalue weighted by Crippen LogP contribution is -2.29. The monoisotopic (exact) mass is 391 g/mol. The molecule has 0 aliphatic heterocycles. The number of carbonyl (C=O) groups is 1.